The normalized spacial score (nSPS) is 20.7. The van der Waals surface area contributed by atoms with Gasteiger partial charge in [-0.3, -0.25) is 4.79 Å². The van der Waals surface area contributed by atoms with Crippen molar-refractivity contribution in [2.75, 3.05) is 19.8 Å². The van der Waals surface area contributed by atoms with Gasteiger partial charge in [0.15, 0.2) is 0 Å². The average Bonchev–Trinajstić information content (AvgIpc) is 3.35. The highest BCUT2D eigenvalue weighted by molar-refractivity contribution is 6.33. The summed E-state index contributed by atoms with van der Waals surface area (Å²) in [5.74, 6) is 2.23. The van der Waals surface area contributed by atoms with Crippen LogP contribution in [0.15, 0.2) is 18.2 Å². The number of aromatic nitrogens is 4. The van der Waals surface area contributed by atoms with Gasteiger partial charge in [0.1, 0.15) is 11.8 Å². The maximum atomic E-state index is 12.7. The van der Waals surface area contributed by atoms with Gasteiger partial charge in [0.25, 0.3) is 0 Å². The van der Waals surface area contributed by atoms with Gasteiger partial charge in [0, 0.05) is 0 Å². The number of aromatic amines is 1. The number of carbonyl (C=O) groups is 1. The van der Waals surface area contributed by atoms with E-state index in [1.165, 1.54) is 0 Å². The number of carbonyl (C=O) groups excluding carboxylic acids is 1. The summed E-state index contributed by atoms with van der Waals surface area (Å²) in [5, 5.41) is 18.1. The minimum atomic E-state index is -0.251. The van der Waals surface area contributed by atoms with Gasteiger partial charge in [-0.2, -0.15) is 5.21 Å². The third-order valence-corrected chi connectivity index (χ3v) is 7.00. The molecule has 0 spiro atoms. The first-order valence-corrected chi connectivity index (χ1v) is 12.5. The monoisotopic (exact) mass is 477 g/mol. The zero-order valence-corrected chi connectivity index (χ0v) is 20.6. The molecule has 2 N–H and O–H groups in total. The quantitative estimate of drug-likeness (QED) is 0.428. The maximum Gasteiger partial charge on any atom is 0.323 e. The molecule has 1 aliphatic heterocycles. The Labute approximate surface area is 201 Å². The van der Waals surface area contributed by atoms with Crippen LogP contribution >= 0.6 is 11.6 Å². The highest BCUT2D eigenvalue weighted by atomic mass is 35.5. The van der Waals surface area contributed by atoms with Crippen LogP contribution in [0.2, 0.25) is 5.02 Å². The van der Waals surface area contributed by atoms with Crippen LogP contribution in [0, 0.1) is 17.8 Å². The summed E-state index contributed by atoms with van der Waals surface area (Å²) in [6.45, 7) is 8.32. The minimum Gasteiger partial charge on any atom is -0.493 e. The zero-order valence-electron chi connectivity index (χ0n) is 19.8. The number of nitrogens with zero attached hydrogens (tertiary/aromatic N) is 3. The minimum absolute atomic E-state index is 0.128. The SMILES string of the molecule is CCC[C@H]1CN[C@H](C(=O)OCC(CC)CC)C[C@H]1CCOc1cccc(Cl)c1-c1nn[nH]n1. The molecule has 1 aromatic heterocycles. The average molecular weight is 478 g/mol. The lowest BCUT2D eigenvalue weighted by molar-refractivity contribution is -0.149. The molecule has 1 fully saturated rings. The number of hydrogen-bond donors (Lipinski definition) is 2. The van der Waals surface area contributed by atoms with E-state index in [-0.39, 0.29) is 12.0 Å². The van der Waals surface area contributed by atoms with Crippen molar-refractivity contribution in [1.82, 2.24) is 25.9 Å². The van der Waals surface area contributed by atoms with Crippen LogP contribution in [0.4, 0.5) is 0 Å². The first-order chi connectivity index (χ1) is 16.1. The maximum absolute atomic E-state index is 12.7. The van der Waals surface area contributed by atoms with Gasteiger partial charge >= 0.3 is 5.97 Å². The lowest BCUT2D eigenvalue weighted by Crippen LogP contribution is -2.49. The number of hydrogen-bond acceptors (Lipinski definition) is 7. The number of nitrogens with one attached hydrogen (secondary N) is 2. The number of esters is 1. The van der Waals surface area contributed by atoms with Crippen molar-refractivity contribution < 1.29 is 14.3 Å². The van der Waals surface area contributed by atoms with Crippen molar-refractivity contribution in [3.8, 4) is 17.1 Å². The predicted octanol–water partition coefficient (Wildman–Crippen LogP) is 4.66. The van der Waals surface area contributed by atoms with Crippen LogP contribution in [0.3, 0.4) is 0 Å². The van der Waals surface area contributed by atoms with Crippen LogP contribution in [0.1, 0.15) is 59.3 Å². The molecule has 0 bridgehead atoms. The van der Waals surface area contributed by atoms with Crippen molar-refractivity contribution >= 4 is 17.6 Å². The molecule has 0 saturated carbocycles. The van der Waals surface area contributed by atoms with Crippen molar-refractivity contribution in [3.63, 3.8) is 0 Å². The molecule has 182 valence electrons. The molecule has 33 heavy (non-hydrogen) atoms. The number of halogens is 1. The molecule has 1 aliphatic rings. The Hall–Kier alpha value is -2.19. The molecule has 3 atom stereocenters. The molecule has 0 amide bonds. The van der Waals surface area contributed by atoms with Crippen molar-refractivity contribution in [1.29, 1.82) is 0 Å². The molecule has 2 heterocycles. The summed E-state index contributed by atoms with van der Waals surface area (Å²) in [6, 6.07) is 5.24. The largest absolute Gasteiger partial charge is 0.493 e. The highest BCUT2D eigenvalue weighted by Gasteiger charge is 2.34. The first kappa shape index (κ1) is 25.4. The van der Waals surface area contributed by atoms with Gasteiger partial charge in [-0.15, -0.1) is 10.2 Å². The summed E-state index contributed by atoms with van der Waals surface area (Å²) in [6.07, 6.45) is 5.90. The second-order valence-corrected chi connectivity index (χ2v) is 9.21. The molecule has 0 radical (unpaired) electrons. The molecule has 1 saturated heterocycles. The van der Waals surface area contributed by atoms with E-state index in [9.17, 15) is 4.79 Å². The Morgan fingerprint density at radius 2 is 2.03 bits per heavy atom. The second-order valence-electron chi connectivity index (χ2n) is 8.80. The predicted molar refractivity (Wildman–Crippen MR) is 128 cm³/mol. The summed E-state index contributed by atoms with van der Waals surface area (Å²) in [5.41, 5.74) is 0.631. The van der Waals surface area contributed by atoms with E-state index in [1.807, 2.05) is 12.1 Å². The molecule has 1 aromatic carbocycles. The fourth-order valence-electron chi connectivity index (χ4n) is 4.54. The van der Waals surface area contributed by atoms with Crippen LogP contribution < -0.4 is 10.1 Å². The molecule has 8 nitrogen and oxygen atoms in total. The Kier molecular flexibility index (Phi) is 9.94. The third-order valence-electron chi connectivity index (χ3n) is 6.68. The number of piperidine rings is 1. The lowest BCUT2D eigenvalue weighted by Gasteiger charge is -2.36. The standard InChI is InChI=1S/C24H36ClN5O3/c1-4-8-18-14-26-20(24(31)33-15-16(5-2)6-3)13-17(18)11-12-32-21-10-7-9-19(25)22(21)23-27-29-30-28-23/h7,9-10,16-18,20,26H,4-6,8,11-15H2,1-3H3,(H,27,28,29,30)/t17-,18+,20+/m1/s1. The number of H-pyrrole nitrogens is 1. The van der Waals surface area contributed by atoms with E-state index >= 15 is 0 Å². The van der Waals surface area contributed by atoms with Crippen molar-refractivity contribution in [2.45, 2.75) is 65.3 Å². The topological polar surface area (TPSA) is 102 Å². The van der Waals surface area contributed by atoms with Gasteiger partial charge in [-0.25, -0.2) is 0 Å². The van der Waals surface area contributed by atoms with E-state index in [0.717, 1.165) is 45.1 Å². The molecular weight excluding hydrogens is 442 g/mol. The summed E-state index contributed by atoms with van der Waals surface area (Å²) < 4.78 is 11.8. The second kappa shape index (κ2) is 12.9. The van der Waals surface area contributed by atoms with E-state index in [1.54, 1.807) is 6.07 Å². The van der Waals surface area contributed by atoms with Crippen LogP contribution in [0.25, 0.3) is 11.4 Å². The Bertz CT molecular complexity index is 860. The van der Waals surface area contributed by atoms with Gasteiger partial charge in [0.05, 0.1) is 23.8 Å². The Morgan fingerprint density at radius 1 is 1.21 bits per heavy atom. The molecule has 0 aliphatic carbocycles. The van der Waals surface area contributed by atoms with Gasteiger partial charge in [0.2, 0.25) is 5.82 Å². The fourth-order valence-corrected chi connectivity index (χ4v) is 4.79. The third kappa shape index (κ3) is 6.90. The molecule has 2 aromatic rings. The summed E-state index contributed by atoms with van der Waals surface area (Å²) in [4.78, 5) is 12.7. The smallest absolute Gasteiger partial charge is 0.323 e. The first-order valence-electron chi connectivity index (χ1n) is 12.1. The fraction of sp³-hybridized carbons (Fsp3) is 0.667. The molecule has 9 heteroatoms. The number of tetrazole rings is 1. The lowest BCUT2D eigenvalue weighted by atomic mass is 9.79. The van der Waals surface area contributed by atoms with E-state index < -0.39 is 0 Å². The summed E-state index contributed by atoms with van der Waals surface area (Å²) in [7, 11) is 0. The van der Waals surface area contributed by atoms with Crippen LogP contribution in [-0.4, -0.2) is 52.4 Å². The van der Waals surface area contributed by atoms with Crippen LogP contribution in [-0.2, 0) is 9.53 Å². The highest BCUT2D eigenvalue weighted by Crippen LogP contribution is 2.35. The Morgan fingerprint density at radius 3 is 2.73 bits per heavy atom. The van der Waals surface area contributed by atoms with E-state index in [4.69, 9.17) is 21.1 Å². The number of rotatable bonds is 12. The van der Waals surface area contributed by atoms with Gasteiger partial charge in [-0.1, -0.05) is 57.7 Å². The molecular formula is C24H36ClN5O3. The zero-order chi connectivity index (χ0) is 23.6. The van der Waals surface area contributed by atoms with Crippen molar-refractivity contribution in [3.05, 3.63) is 23.2 Å². The van der Waals surface area contributed by atoms with Crippen molar-refractivity contribution in [2.24, 2.45) is 17.8 Å². The number of ether oxygens (including phenoxy) is 2. The Balaban J connectivity index is 1.60. The number of benzene rings is 1. The van der Waals surface area contributed by atoms with E-state index in [0.29, 0.717) is 53.1 Å². The van der Waals surface area contributed by atoms with Gasteiger partial charge in [-0.05, 0) is 60.9 Å². The van der Waals surface area contributed by atoms with E-state index in [2.05, 4.69) is 46.7 Å². The van der Waals surface area contributed by atoms with Gasteiger partial charge < -0.3 is 14.8 Å². The van der Waals surface area contributed by atoms with Crippen LogP contribution in [0.5, 0.6) is 5.75 Å². The molecule has 3 rings (SSSR count). The molecule has 0 unspecified atom stereocenters. The summed E-state index contributed by atoms with van der Waals surface area (Å²) >= 11 is 6.38.